The van der Waals surface area contributed by atoms with E-state index in [2.05, 4.69) is 12.2 Å². The zero-order chi connectivity index (χ0) is 25.8. The lowest BCUT2D eigenvalue weighted by Gasteiger charge is -2.37. The third kappa shape index (κ3) is 3.64. The van der Waals surface area contributed by atoms with Gasteiger partial charge in [-0.05, 0) is 50.8 Å². The number of thioether (sulfide) groups is 1. The van der Waals surface area contributed by atoms with E-state index in [4.69, 9.17) is 0 Å². The molecule has 0 saturated carbocycles. The Morgan fingerprint density at radius 3 is 2.50 bits per heavy atom. The van der Waals surface area contributed by atoms with Crippen molar-refractivity contribution < 1.29 is 19.5 Å². The topological polar surface area (TPSA) is 81.2 Å². The fourth-order valence-electron chi connectivity index (χ4n) is 6.50. The Labute approximate surface area is 217 Å². The summed E-state index contributed by atoms with van der Waals surface area (Å²) in [5.74, 6) is -1.45. The van der Waals surface area contributed by atoms with Crippen molar-refractivity contribution in [2.45, 2.75) is 49.1 Å². The molecule has 1 unspecified atom stereocenters. The van der Waals surface area contributed by atoms with Gasteiger partial charge in [-0.25, -0.2) is 0 Å². The lowest BCUT2D eigenvalue weighted by atomic mass is 9.74. The molecule has 192 valence electrons. The average Bonchev–Trinajstić information content (AvgIpc) is 3.10. The second-order valence-corrected chi connectivity index (χ2v) is 12.5. The molecule has 1 aromatic carbocycles. The highest BCUT2D eigenvalue weighted by molar-refractivity contribution is 8.02. The predicted octanol–water partition coefficient (Wildman–Crippen LogP) is 2.69. The highest BCUT2D eigenvalue weighted by Crippen LogP contribution is 2.65. The van der Waals surface area contributed by atoms with E-state index in [1.54, 1.807) is 33.5 Å². The monoisotopic (exact) mass is 509 g/mol. The van der Waals surface area contributed by atoms with E-state index < -0.39 is 27.4 Å². The first-order valence-electron chi connectivity index (χ1n) is 12.7. The normalized spacial score (nSPS) is 33.5. The molecule has 4 aliphatic heterocycles. The van der Waals surface area contributed by atoms with Gasteiger partial charge in [0.1, 0.15) is 6.04 Å². The van der Waals surface area contributed by atoms with Gasteiger partial charge in [0, 0.05) is 43.7 Å². The van der Waals surface area contributed by atoms with Gasteiger partial charge in [-0.3, -0.25) is 14.4 Å². The molecule has 0 bridgehead atoms. The molecular weight excluding hydrogens is 474 g/mol. The van der Waals surface area contributed by atoms with Crippen LogP contribution in [0.2, 0.25) is 0 Å². The van der Waals surface area contributed by atoms with Gasteiger partial charge in [0.05, 0.1) is 16.6 Å². The molecule has 3 amide bonds. The Kier molecular flexibility index (Phi) is 6.32. The number of carbonyl (C=O) groups excluding carboxylic acids is 3. The summed E-state index contributed by atoms with van der Waals surface area (Å²) >= 11 is 1.61. The number of anilines is 1. The Morgan fingerprint density at radius 2 is 1.75 bits per heavy atom. The van der Waals surface area contributed by atoms with Gasteiger partial charge in [-0.2, -0.15) is 0 Å². The third-order valence-corrected chi connectivity index (χ3v) is 10.0. The molecule has 2 fully saturated rings. The van der Waals surface area contributed by atoms with Crippen LogP contribution in [0.1, 0.15) is 30.9 Å². The van der Waals surface area contributed by atoms with E-state index in [0.717, 1.165) is 16.8 Å². The average molecular weight is 510 g/mol. The first-order chi connectivity index (χ1) is 17.1. The Morgan fingerprint density at radius 1 is 1.00 bits per heavy atom. The lowest BCUT2D eigenvalue weighted by molar-refractivity contribution is -0.143. The van der Waals surface area contributed by atoms with Gasteiger partial charge in [-0.15, -0.1) is 11.8 Å². The highest BCUT2D eigenvalue weighted by Gasteiger charge is 2.73. The fourth-order valence-corrected chi connectivity index (χ4v) is 8.66. The van der Waals surface area contributed by atoms with Crippen LogP contribution in [-0.2, 0) is 14.4 Å². The van der Waals surface area contributed by atoms with Gasteiger partial charge >= 0.3 is 0 Å². The van der Waals surface area contributed by atoms with E-state index in [0.29, 0.717) is 32.5 Å². The minimum atomic E-state index is -0.836. The van der Waals surface area contributed by atoms with E-state index >= 15 is 0 Å². The quantitative estimate of drug-likeness (QED) is 0.488. The lowest BCUT2D eigenvalue weighted by Crippen LogP contribution is -2.53. The molecule has 7 nitrogen and oxygen atoms in total. The largest absolute Gasteiger partial charge is 0.396 e. The van der Waals surface area contributed by atoms with Gasteiger partial charge in [0.25, 0.3) is 5.91 Å². The maximum Gasteiger partial charge on any atom is 0.251 e. The number of unbranched alkanes of at least 4 members (excludes halogenated alkanes) is 1. The van der Waals surface area contributed by atoms with Crippen LogP contribution < -0.4 is 4.90 Å². The third-order valence-electron chi connectivity index (χ3n) is 8.22. The summed E-state index contributed by atoms with van der Waals surface area (Å²) in [6.45, 7) is 7.39. The number of amides is 3. The molecule has 4 aliphatic rings. The Balaban J connectivity index is 1.64. The van der Waals surface area contributed by atoms with Crippen molar-refractivity contribution in [3.05, 3.63) is 53.6 Å². The molecule has 0 aliphatic carbocycles. The number of hydrogen-bond acceptors (Lipinski definition) is 5. The van der Waals surface area contributed by atoms with Crippen molar-refractivity contribution in [2.75, 3.05) is 38.2 Å². The molecule has 5 rings (SSSR count). The molecule has 1 spiro atoms. The number of aryl methyl sites for hydroxylation is 2. The maximum atomic E-state index is 14.5. The van der Waals surface area contributed by atoms with Gasteiger partial charge in [-0.1, -0.05) is 36.4 Å². The molecule has 5 atom stereocenters. The van der Waals surface area contributed by atoms with Gasteiger partial charge < -0.3 is 19.8 Å². The van der Waals surface area contributed by atoms with Crippen LogP contribution in [0.5, 0.6) is 0 Å². The SMILES string of the molecule is Cc1ccc(C)c(N2CC=C[C@]34S[C@@]5(C)C=CCN(C)C(=O)[C@H]5[C@H]3C(=O)N(CCCCO)C4C2=O)c1. The molecule has 1 N–H and O–H groups in total. The van der Waals surface area contributed by atoms with E-state index in [1.165, 1.54) is 0 Å². The van der Waals surface area contributed by atoms with Crippen molar-refractivity contribution in [3.63, 3.8) is 0 Å². The van der Waals surface area contributed by atoms with Crippen LogP contribution in [0.3, 0.4) is 0 Å². The van der Waals surface area contributed by atoms with Crippen LogP contribution in [-0.4, -0.2) is 81.5 Å². The smallest absolute Gasteiger partial charge is 0.251 e. The number of aliphatic hydroxyl groups is 1. The molecular formula is C28H35N3O4S. The Bertz CT molecular complexity index is 1170. The van der Waals surface area contributed by atoms with E-state index in [-0.39, 0.29) is 24.3 Å². The number of aliphatic hydroxyl groups excluding tert-OH is 1. The molecule has 0 radical (unpaired) electrons. The first kappa shape index (κ1) is 25.1. The number of fused-ring (bicyclic) bond motifs is 2. The van der Waals surface area contributed by atoms with Crippen molar-refractivity contribution in [1.82, 2.24) is 9.80 Å². The molecule has 8 heteroatoms. The molecule has 36 heavy (non-hydrogen) atoms. The van der Waals surface area contributed by atoms with Crippen molar-refractivity contribution in [3.8, 4) is 0 Å². The zero-order valence-electron chi connectivity index (χ0n) is 21.4. The number of rotatable bonds is 5. The minimum Gasteiger partial charge on any atom is -0.396 e. The van der Waals surface area contributed by atoms with Gasteiger partial charge in [0.2, 0.25) is 11.8 Å². The predicted molar refractivity (Wildman–Crippen MR) is 142 cm³/mol. The van der Waals surface area contributed by atoms with Crippen molar-refractivity contribution in [2.24, 2.45) is 11.8 Å². The molecule has 4 heterocycles. The summed E-state index contributed by atoms with van der Waals surface area (Å²) < 4.78 is -1.42. The maximum absolute atomic E-state index is 14.5. The second kappa shape index (κ2) is 9.06. The van der Waals surface area contributed by atoms with Crippen LogP contribution in [0.4, 0.5) is 5.69 Å². The van der Waals surface area contributed by atoms with Crippen LogP contribution in [0.25, 0.3) is 0 Å². The zero-order valence-corrected chi connectivity index (χ0v) is 22.3. The standard InChI is InChI=1S/C28H35N3O4S/c1-18-9-10-19(2)20(17-18)30-15-8-12-28-22(21-24(33)29(4)13-7-11-27(21,3)36-28)25(34)31(14-5-6-16-32)23(28)26(30)35/h7-12,17,21-23,32H,5-6,13-16H2,1-4H3/t21-,22+,23?,27+,28+/m1/s1. The fraction of sp³-hybridized carbons (Fsp3) is 0.536. The minimum absolute atomic E-state index is 0.0350. The summed E-state index contributed by atoms with van der Waals surface area (Å²) in [7, 11) is 1.78. The molecule has 2 saturated heterocycles. The van der Waals surface area contributed by atoms with Crippen LogP contribution in [0, 0.1) is 25.7 Å². The summed E-state index contributed by atoms with van der Waals surface area (Å²) in [6, 6.07) is 5.36. The number of carbonyl (C=O) groups is 3. The molecule has 0 aromatic heterocycles. The van der Waals surface area contributed by atoms with Crippen LogP contribution in [0.15, 0.2) is 42.5 Å². The summed E-state index contributed by atoms with van der Waals surface area (Å²) in [5.41, 5.74) is 2.92. The van der Waals surface area contributed by atoms with Crippen LogP contribution >= 0.6 is 11.8 Å². The number of benzene rings is 1. The first-order valence-corrected chi connectivity index (χ1v) is 13.6. The number of nitrogens with zero attached hydrogens (tertiary/aromatic N) is 3. The summed E-state index contributed by atoms with van der Waals surface area (Å²) in [4.78, 5) is 47.5. The van der Waals surface area contributed by atoms with Crippen molar-refractivity contribution in [1.29, 1.82) is 0 Å². The molecule has 1 aromatic rings. The number of hydrogen-bond donors (Lipinski definition) is 1. The van der Waals surface area contributed by atoms with Crippen molar-refractivity contribution >= 4 is 35.2 Å². The highest BCUT2D eigenvalue weighted by atomic mass is 32.2. The number of likely N-dealkylation sites (tertiary alicyclic amines) is 1. The van der Waals surface area contributed by atoms with E-state index in [1.807, 2.05) is 51.1 Å². The second-order valence-electron chi connectivity index (χ2n) is 10.7. The summed E-state index contributed by atoms with van der Waals surface area (Å²) in [5, 5.41) is 9.37. The summed E-state index contributed by atoms with van der Waals surface area (Å²) in [6.07, 6.45) is 9.30. The van der Waals surface area contributed by atoms with Gasteiger partial charge in [0.15, 0.2) is 0 Å². The Hall–Kier alpha value is -2.58. The number of likely N-dealkylation sites (N-methyl/N-ethyl adjacent to an activating group) is 1. The van der Waals surface area contributed by atoms with E-state index in [9.17, 15) is 19.5 Å².